The Labute approximate surface area is 208 Å². The third-order valence-electron chi connectivity index (χ3n) is 5.04. The molecule has 2 aromatic carbocycles. The number of rotatable bonds is 11. The third kappa shape index (κ3) is 7.43. The number of aliphatic carboxylic acids is 1. The molecule has 178 valence electrons. The van der Waals surface area contributed by atoms with Crippen molar-refractivity contribution in [2.24, 2.45) is 0 Å². The summed E-state index contributed by atoms with van der Waals surface area (Å²) in [7, 11) is 0. The minimum Gasteiger partial charge on any atom is -0.480 e. The van der Waals surface area contributed by atoms with Crippen LogP contribution in [-0.2, 0) is 14.4 Å². The van der Waals surface area contributed by atoms with Gasteiger partial charge >= 0.3 is 5.97 Å². The minimum absolute atomic E-state index is 0.127. The van der Waals surface area contributed by atoms with Gasteiger partial charge in [-0.1, -0.05) is 60.7 Å². The number of benzene rings is 2. The zero-order valence-corrected chi connectivity index (χ0v) is 20.4. The Bertz CT molecular complexity index is 1090. The van der Waals surface area contributed by atoms with Crippen molar-refractivity contribution in [3.05, 3.63) is 65.1 Å². The predicted octanol–water partition coefficient (Wildman–Crippen LogP) is 4.83. The maximum absolute atomic E-state index is 12.9. The fourth-order valence-electron chi connectivity index (χ4n) is 3.24. The lowest BCUT2D eigenvalue weighted by Gasteiger charge is -2.14. The van der Waals surface area contributed by atoms with E-state index in [1.807, 2.05) is 60.7 Å². The molecule has 1 aliphatic heterocycles. The zero-order chi connectivity index (χ0) is 24.5. The minimum atomic E-state index is -1.06. The van der Waals surface area contributed by atoms with Crippen LogP contribution in [0.25, 0.3) is 6.08 Å². The van der Waals surface area contributed by atoms with Crippen molar-refractivity contribution >= 4 is 52.2 Å². The lowest BCUT2D eigenvalue weighted by molar-refractivity contribution is -0.141. The molecule has 1 fully saturated rings. The number of para-hydroxylation sites is 1. The molecule has 0 bridgehead atoms. The van der Waals surface area contributed by atoms with Crippen LogP contribution in [0.5, 0.6) is 11.5 Å². The fraction of sp³-hybridized carbons (Fsp3) is 0.280. The normalized spacial score (nSPS) is 15.4. The highest BCUT2D eigenvalue weighted by Crippen LogP contribution is 2.33. The van der Waals surface area contributed by atoms with Crippen LogP contribution < -0.4 is 10.1 Å². The van der Waals surface area contributed by atoms with Gasteiger partial charge in [-0.15, -0.1) is 0 Å². The Kier molecular flexibility index (Phi) is 9.24. The lowest BCUT2D eigenvalue weighted by Crippen LogP contribution is -2.38. The molecule has 0 spiro atoms. The monoisotopic (exact) mass is 498 g/mol. The maximum Gasteiger partial charge on any atom is 0.325 e. The summed E-state index contributed by atoms with van der Waals surface area (Å²) >= 11 is 6.67. The SMILES string of the molecule is CC(NC(=O)CCCCCN1C(=O)/C(=C/c2cccc(Oc3ccccc3)c2)SC1=S)C(=O)O. The van der Waals surface area contributed by atoms with Gasteiger partial charge in [0.25, 0.3) is 5.91 Å². The molecule has 0 aromatic heterocycles. The predicted molar refractivity (Wildman–Crippen MR) is 137 cm³/mol. The van der Waals surface area contributed by atoms with E-state index in [0.29, 0.717) is 34.4 Å². The lowest BCUT2D eigenvalue weighted by atomic mass is 10.1. The number of carboxylic acid groups (broad SMARTS) is 1. The maximum atomic E-state index is 12.9. The van der Waals surface area contributed by atoms with E-state index in [-0.39, 0.29) is 18.2 Å². The van der Waals surface area contributed by atoms with Crippen LogP contribution >= 0.6 is 24.0 Å². The number of thioether (sulfide) groups is 1. The van der Waals surface area contributed by atoms with Crippen LogP contribution in [0.15, 0.2) is 59.5 Å². The van der Waals surface area contributed by atoms with Gasteiger partial charge in [-0.2, -0.15) is 0 Å². The highest BCUT2D eigenvalue weighted by Gasteiger charge is 2.31. The number of ether oxygens (including phenoxy) is 1. The molecule has 1 atom stereocenters. The quantitative estimate of drug-likeness (QED) is 0.260. The Balaban J connectivity index is 1.49. The standard InChI is InChI=1S/C25H26N2O5S2/c1-17(24(30)31)26-22(28)13-6-3-7-14-27-23(29)21(34-25(27)33)16-18-9-8-12-20(15-18)32-19-10-4-2-5-11-19/h2,4-5,8-12,15-17H,3,6-7,13-14H2,1H3,(H,26,28)(H,30,31)/b21-16-. The Morgan fingerprint density at radius 1 is 1.12 bits per heavy atom. The average molecular weight is 499 g/mol. The van der Waals surface area contributed by atoms with E-state index in [1.54, 1.807) is 4.90 Å². The molecule has 1 unspecified atom stereocenters. The Hall–Kier alpha value is -3.17. The van der Waals surface area contributed by atoms with E-state index in [9.17, 15) is 14.4 Å². The van der Waals surface area contributed by atoms with Crippen LogP contribution in [-0.4, -0.2) is 44.7 Å². The summed E-state index contributed by atoms with van der Waals surface area (Å²) in [5, 5.41) is 11.3. The molecule has 2 N–H and O–H groups in total. The molecule has 2 amide bonds. The second-order valence-corrected chi connectivity index (χ2v) is 9.43. The highest BCUT2D eigenvalue weighted by atomic mass is 32.2. The van der Waals surface area contributed by atoms with Crippen LogP contribution in [0.3, 0.4) is 0 Å². The van der Waals surface area contributed by atoms with Crippen molar-refractivity contribution in [1.82, 2.24) is 10.2 Å². The van der Waals surface area contributed by atoms with Gasteiger partial charge in [0.2, 0.25) is 5.91 Å². The number of carboxylic acids is 1. The van der Waals surface area contributed by atoms with Gasteiger partial charge in [0.05, 0.1) is 4.91 Å². The summed E-state index contributed by atoms with van der Waals surface area (Å²) in [6.07, 6.45) is 4.09. The van der Waals surface area contributed by atoms with Gasteiger partial charge < -0.3 is 15.2 Å². The Morgan fingerprint density at radius 3 is 2.59 bits per heavy atom. The van der Waals surface area contributed by atoms with Gasteiger partial charge in [-0.05, 0) is 55.7 Å². The van der Waals surface area contributed by atoms with Gasteiger partial charge in [0.15, 0.2) is 0 Å². The second kappa shape index (κ2) is 12.3. The molecule has 0 aliphatic carbocycles. The Morgan fingerprint density at radius 2 is 1.85 bits per heavy atom. The van der Waals surface area contributed by atoms with Crippen LogP contribution in [0.2, 0.25) is 0 Å². The summed E-state index contributed by atoms with van der Waals surface area (Å²) in [4.78, 5) is 37.5. The number of hydrogen-bond donors (Lipinski definition) is 2. The molecule has 1 saturated heterocycles. The fourth-order valence-corrected chi connectivity index (χ4v) is 4.55. The van der Waals surface area contributed by atoms with E-state index in [0.717, 1.165) is 17.7 Å². The number of unbranched alkanes of at least 4 members (excludes halogenated alkanes) is 2. The van der Waals surface area contributed by atoms with Crippen LogP contribution in [0.1, 0.15) is 38.2 Å². The molecule has 1 heterocycles. The highest BCUT2D eigenvalue weighted by molar-refractivity contribution is 8.26. The number of nitrogens with one attached hydrogen (secondary N) is 1. The summed E-state index contributed by atoms with van der Waals surface area (Å²) in [6, 6.07) is 16.1. The topological polar surface area (TPSA) is 95.9 Å². The van der Waals surface area contributed by atoms with Gasteiger partial charge in [0, 0.05) is 13.0 Å². The second-order valence-electron chi connectivity index (χ2n) is 7.76. The summed E-state index contributed by atoms with van der Waals surface area (Å²) in [5.41, 5.74) is 0.843. The largest absolute Gasteiger partial charge is 0.480 e. The molecular formula is C25H26N2O5S2. The number of hydrogen-bond acceptors (Lipinski definition) is 6. The first-order valence-corrected chi connectivity index (χ1v) is 12.2. The molecular weight excluding hydrogens is 472 g/mol. The van der Waals surface area contributed by atoms with Crippen molar-refractivity contribution in [2.75, 3.05) is 6.54 Å². The van der Waals surface area contributed by atoms with Crippen molar-refractivity contribution in [3.63, 3.8) is 0 Å². The van der Waals surface area contributed by atoms with Crippen LogP contribution in [0.4, 0.5) is 0 Å². The summed E-state index contributed by atoms with van der Waals surface area (Å²) in [6.45, 7) is 1.90. The van der Waals surface area contributed by atoms with Gasteiger partial charge in [-0.3, -0.25) is 19.3 Å². The summed E-state index contributed by atoms with van der Waals surface area (Å²) in [5.74, 6) is -0.0670. The molecule has 0 radical (unpaired) electrons. The average Bonchev–Trinajstić information content (AvgIpc) is 3.06. The number of nitrogens with zero attached hydrogens (tertiary/aromatic N) is 1. The number of carbonyl (C=O) groups excluding carboxylic acids is 2. The number of amides is 2. The first-order chi connectivity index (χ1) is 16.3. The van der Waals surface area contributed by atoms with E-state index in [2.05, 4.69) is 5.32 Å². The zero-order valence-electron chi connectivity index (χ0n) is 18.7. The van der Waals surface area contributed by atoms with E-state index in [4.69, 9.17) is 22.1 Å². The smallest absolute Gasteiger partial charge is 0.325 e. The van der Waals surface area contributed by atoms with E-state index < -0.39 is 12.0 Å². The molecule has 3 rings (SSSR count). The van der Waals surface area contributed by atoms with E-state index >= 15 is 0 Å². The molecule has 2 aromatic rings. The first kappa shape index (κ1) is 25.5. The molecule has 34 heavy (non-hydrogen) atoms. The van der Waals surface area contributed by atoms with Crippen molar-refractivity contribution in [1.29, 1.82) is 0 Å². The first-order valence-electron chi connectivity index (χ1n) is 10.9. The molecule has 1 aliphatic rings. The number of carbonyl (C=O) groups is 3. The van der Waals surface area contributed by atoms with Gasteiger partial charge in [-0.25, -0.2) is 0 Å². The molecule has 9 heteroatoms. The van der Waals surface area contributed by atoms with E-state index in [1.165, 1.54) is 18.7 Å². The van der Waals surface area contributed by atoms with Crippen molar-refractivity contribution in [2.45, 2.75) is 38.6 Å². The molecule has 7 nitrogen and oxygen atoms in total. The third-order valence-corrected chi connectivity index (χ3v) is 6.42. The van der Waals surface area contributed by atoms with Crippen molar-refractivity contribution in [3.8, 4) is 11.5 Å². The van der Waals surface area contributed by atoms with Crippen molar-refractivity contribution < 1.29 is 24.2 Å². The summed E-state index contributed by atoms with van der Waals surface area (Å²) < 4.78 is 6.38. The van der Waals surface area contributed by atoms with Crippen LogP contribution in [0, 0.1) is 0 Å². The molecule has 0 saturated carbocycles. The number of thiocarbonyl (C=S) groups is 1. The van der Waals surface area contributed by atoms with Gasteiger partial charge in [0.1, 0.15) is 21.9 Å².